The molecule has 0 unspecified atom stereocenters. The maximum Gasteiger partial charge on any atom is 0.167 e. The lowest BCUT2D eigenvalue weighted by Crippen LogP contribution is -2.10. The Morgan fingerprint density at radius 1 is 1.57 bits per heavy atom. The monoisotopic (exact) mass is 237 g/mol. The summed E-state index contributed by atoms with van der Waals surface area (Å²) in [7, 11) is 1.98. The SMILES string of the molecule is Cl.Cn1ccnc1SCCOCCN. The van der Waals surface area contributed by atoms with Crippen LogP contribution in [0.4, 0.5) is 0 Å². The highest BCUT2D eigenvalue weighted by molar-refractivity contribution is 7.99. The van der Waals surface area contributed by atoms with Crippen LogP contribution in [0.25, 0.3) is 0 Å². The summed E-state index contributed by atoms with van der Waals surface area (Å²) in [4.78, 5) is 4.18. The van der Waals surface area contributed by atoms with Crippen LogP contribution in [-0.4, -0.2) is 35.1 Å². The van der Waals surface area contributed by atoms with Crippen LogP contribution in [0.2, 0.25) is 0 Å². The van der Waals surface area contributed by atoms with E-state index >= 15 is 0 Å². The highest BCUT2D eigenvalue weighted by Gasteiger charge is 1.98. The van der Waals surface area contributed by atoms with Crippen LogP contribution >= 0.6 is 24.2 Å². The fraction of sp³-hybridized carbons (Fsp3) is 0.625. The van der Waals surface area contributed by atoms with Gasteiger partial charge in [-0.1, -0.05) is 11.8 Å². The smallest absolute Gasteiger partial charge is 0.167 e. The van der Waals surface area contributed by atoms with E-state index in [1.54, 1.807) is 18.0 Å². The molecule has 1 rings (SSSR count). The second-order valence-corrected chi connectivity index (χ2v) is 3.63. The lowest BCUT2D eigenvalue weighted by molar-refractivity contribution is 0.158. The van der Waals surface area contributed by atoms with Crippen molar-refractivity contribution >= 4 is 24.2 Å². The molecular formula is C8H16ClN3OS. The molecule has 0 aliphatic heterocycles. The number of thioether (sulfide) groups is 1. The zero-order valence-electron chi connectivity index (χ0n) is 8.18. The molecule has 2 N–H and O–H groups in total. The normalized spacial score (nSPS) is 9.86. The van der Waals surface area contributed by atoms with Crippen molar-refractivity contribution in [2.45, 2.75) is 5.16 Å². The van der Waals surface area contributed by atoms with Crippen LogP contribution in [0.5, 0.6) is 0 Å². The van der Waals surface area contributed by atoms with Crippen LogP contribution in [0, 0.1) is 0 Å². The molecule has 0 bridgehead atoms. The number of rotatable bonds is 6. The number of halogens is 1. The quantitative estimate of drug-likeness (QED) is 0.590. The van der Waals surface area contributed by atoms with Gasteiger partial charge in [-0.15, -0.1) is 12.4 Å². The van der Waals surface area contributed by atoms with Crippen molar-refractivity contribution < 1.29 is 4.74 Å². The van der Waals surface area contributed by atoms with Crippen molar-refractivity contribution in [3.63, 3.8) is 0 Å². The Morgan fingerprint density at radius 2 is 2.36 bits per heavy atom. The minimum Gasteiger partial charge on any atom is -0.379 e. The first-order chi connectivity index (χ1) is 6.34. The molecule has 1 aromatic heterocycles. The molecule has 0 saturated carbocycles. The molecule has 0 saturated heterocycles. The molecule has 0 aliphatic carbocycles. The van der Waals surface area contributed by atoms with Gasteiger partial charge in [-0.3, -0.25) is 0 Å². The molecule has 6 heteroatoms. The predicted octanol–water partition coefficient (Wildman–Crippen LogP) is 0.909. The molecule has 0 aromatic carbocycles. The van der Waals surface area contributed by atoms with E-state index in [0.29, 0.717) is 13.2 Å². The van der Waals surface area contributed by atoms with Crippen molar-refractivity contribution in [2.75, 3.05) is 25.5 Å². The van der Waals surface area contributed by atoms with Gasteiger partial charge in [0.25, 0.3) is 0 Å². The fourth-order valence-electron chi connectivity index (χ4n) is 0.868. The summed E-state index contributed by atoms with van der Waals surface area (Å²) in [5.74, 6) is 0.921. The van der Waals surface area contributed by atoms with E-state index in [2.05, 4.69) is 4.98 Å². The Bertz CT molecular complexity index is 244. The summed E-state index contributed by atoms with van der Waals surface area (Å²) in [5.41, 5.74) is 5.28. The second-order valence-electron chi connectivity index (χ2n) is 2.57. The standard InChI is InChI=1S/C8H15N3OS.ClH/c1-11-4-3-10-8(11)13-7-6-12-5-2-9;/h3-4H,2,5-7,9H2,1H3;1H. The van der Waals surface area contributed by atoms with Crippen molar-refractivity contribution in [2.24, 2.45) is 12.8 Å². The van der Waals surface area contributed by atoms with Gasteiger partial charge in [-0.2, -0.15) is 0 Å². The Morgan fingerprint density at radius 3 is 2.93 bits per heavy atom. The summed E-state index contributed by atoms with van der Waals surface area (Å²) >= 11 is 1.69. The van der Waals surface area contributed by atoms with E-state index in [0.717, 1.165) is 17.5 Å². The van der Waals surface area contributed by atoms with Gasteiger partial charge < -0.3 is 15.0 Å². The number of nitrogens with two attached hydrogens (primary N) is 1. The highest BCUT2D eigenvalue weighted by Crippen LogP contribution is 2.13. The molecular weight excluding hydrogens is 222 g/mol. The van der Waals surface area contributed by atoms with Crippen LogP contribution in [0.1, 0.15) is 0 Å². The fourth-order valence-corrected chi connectivity index (χ4v) is 1.65. The van der Waals surface area contributed by atoms with E-state index in [-0.39, 0.29) is 12.4 Å². The largest absolute Gasteiger partial charge is 0.379 e. The molecule has 0 spiro atoms. The molecule has 0 amide bonds. The van der Waals surface area contributed by atoms with Crippen LogP contribution in [0.3, 0.4) is 0 Å². The summed E-state index contributed by atoms with van der Waals surface area (Å²) in [5, 5.41) is 1.02. The van der Waals surface area contributed by atoms with Crippen molar-refractivity contribution in [1.82, 2.24) is 9.55 Å². The number of aryl methyl sites for hydroxylation is 1. The highest BCUT2D eigenvalue weighted by atomic mass is 35.5. The van der Waals surface area contributed by atoms with Gasteiger partial charge in [0.2, 0.25) is 0 Å². The lowest BCUT2D eigenvalue weighted by Gasteiger charge is -2.02. The average Bonchev–Trinajstić information content (AvgIpc) is 2.52. The number of nitrogens with zero attached hydrogens (tertiary/aromatic N) is 2. The first-order valence-corrected chi connectivity index (χ1v) is 5.21. The first kappa shape index (κ1) is 13.8. The molecule has 0 radical (unpaired) electrons. The maximum absolute atomic E-state index is 5.28. The predicted molar refractivity (Wildman–Crippen MR) is 61.1 cm³/mol. The van der Waals surface area contributed by atoms with Gasteiger partial charge in [-0.25, -0.2) is 4.98 Å². The molecule has 82 valence electrons. The van der Waals surface area contributed by atoms with Crippen molar-refractivity contribution in [3.05, 3.63) is 12.4 Å². The number of hydrogen-bond acceptors (Lipinski definition) is 4. The summed E-state index contributed by atoms with van der Waals surface area (Å²) < 4.78 is 7.23. The van der Waals surface area contributed by atoms with Gasteiger partial charge in [0.1, 0.15) is 0 Å². The number of ether oxygens (including phenoxy) is 1. The average molecular weight is 238 g/mol. The number of aromatic nitrogens is 2. The Hall–Kier alpha value is -0.230. The van der Waals surface area contributed by atoms with E-state index in [1.165, 1.54) is 0 Å². The lowest BCUT2D eigenvalue weighted by atomic mass is 10.7. The van der Waals surface area contributed by atoms with Crippen molar-refractivity contribution in [1.29, 1.82) is 0 Å². The Kier molecular flexibility index (Phi) is 7.98. The topological polar surface area (TPSA) is 53.1 Å². The van der Waals surface area contributed by atoms with Gasteiger partial charge in [0.05, 0.1) is 13.2 Å². The van der Waals surface area contributed by atoms with E-state index in [9.17, 15) is 0 Å². The second kappa shape index (κ2) is 8.11. The summed E-state index contributed by atoms with van der Waals surface area (Å²) in [6, 6.07) is 0. The Balaban J connectivity index is 0.00000169. The van der Waals surface area contributed by atoms with Crippen molar-refractivity contribution in [3.8, 4) is 0 Å². The molecule has 0 fully saturated rings. The van der Waals surface area contributed by atoms with Crippen LogP contribution < -0.4 is 5.73 Å². The molecule has 1 aromatic rings. The minimum atomic E-state index is 0. The minimum absolute atomic E-state index is 0. The summed E-state index contributed by atoms with van der Waals surface area (Å²) in [6.45, 7) is 1.96. The van der Waals surface area contributed by atoms with E-state index < -0.39 is 0 Å². The Labute approximate surface area is 94.6 Å². The van der Waals surface area contributed by atoms with Gasteiger partial charge in [0, 0.05) is 31.7 Å². The van der Waals surface area contributed by atoms with Crippen LogP contribution in [-0.2, 0) is 11.8 Å². The van der Waals surface area contributed by atoms with Crippen LogP contribution in [0.15, 0.2) is 17.6 Å². The zero-order chi connectivity index (χ0) is 9.52. The first-order valence-electron chi connectivity index (χ1n) is 4.22. The maximum atomic E-state index is 5.28. The molecule has 4 nitrogen and oxygen atoms in total. The number of hydrogen-bond donors (Lipinski definition) is 1. The van der Waals surface area contributed by atoms with Gasteiger partial charge >= 0.3 is 0 Å². The van der Waals surface area contributed by atoms with Gasteiger partial charge in [0.15, 0.2) is 5.16 Å². The third-order valence-electron chi connectivity index (χ3n) is 1.50. The molecule has 0 atom stereocenters. The molecule has 0 aliphatic rings. The zero-order valence-corrected chi connectivity index (χ0v) is 9.81. The number of imidazole rings is 1. The van der Waals surface area contributed by atoms with E-state index in [1.807, 2.05) is 17.8 Å². The third kappa shape index (κ3) is 4.85. The van der Waals surface area contributed by atoms with Gasteiger partial charge in [-0.05, 0) is 0 Å². The molecule has 14 heavy (non-hydrogen) atoms. The molecule has 1 heterocycles. The summed E-state index contributed by atoms with van der Waals surface area (Å²) in [6.07, 6.45) is 3.73. The third-order valence-corrected chi connectivity index (χ3v) is 2.52. The van der Waals surface area contributed by atoms with E-state index in [4.69, 9.17) is 10.5 Å².